The summed E-state index contributed by atoms with van der Waals surface area (Å²) in [7, 11) is 0. The van der Waals surface area contributed by atoms with Crippen LogP contribution in [-0.4, -0.2) is 4.98 Å². The minimum atomic E-state index is 0.759. The van der Waals surface area contributed by atoms with Gasteiger partial charge in [0.15, 0.2) is 0 Å². The summed E-state index contributed by atoms with van der Waals surface area (Å²) in [6.07, 6.45) is 1.72. The van der Waals surface area contributed by atoms with Gasteiger partial charge in [0.1, 0.15) is 5.69 Å². The Morgan fingerprint density at radius 2 is 1.92 bits per heavy atom. The molecule has 0 amide bonds. The highest BCUT2D eigenvalue weighted by molar-refractivity contribution is 5.45. The summed E-state index contributed by atoms with van der Waals surface area (Å²) in [6.45, 7) is 3.59. The zero-order valence-electron chi connectivity index (χ0n) is 7.18. The molecule has 0 saturated heterocycles. The van der Waals surface area contributed by atoms with Crippen LogP contribution in [0.25, 0.3) is 0 Å². The molecule has 1 aromatic heterocycles. The van der Waals surface area contributed by atoms with Crippen molar-refractivity contribution >= 4 is 0 Å². The predicted octanol–water partition coefficient (Wildman–Crippen LogP) is 1.82. The van der Waals surface area contributed by atoms with E-state index in [0.29, 0.717) is 0 Å². The first-order valence-corrected chi connectivity index (χ1v) is 3.69. The van der Waals surface area contributed by atoms with E-state index >= 15 is 0 Å². The quantitative estimate of drug-likeness (QED) is 0.521. The Hall–Kier alpha value is -1.73. The fourth-order valence-corrected chi connectivity index (χ4v) is 0.859. The van der Waals surface area contributed by atoms with Gasteiger partial charge in [-0.2, -0.15) is 0 Å². The van der Waals surface area contributed by atoms with E-state index < -0.39 is 0 Å². The van der Waals surface area contributed by atoms with E-state index in [4.69, 9.17) is 0 Å². The van der Waals surface area contributed by atoms with Gasteiger partial charge >= 0.3 is 0 Å². The van der Waals surface area contributed by atoms with Crippen LogP contribution in [0, 0.1) is 23.7 Å². The standard InChI is InChI=1S/C11H9N/c1-3-6-10-8-5-9-12-11(10)7-4-2/h5,8-9H,1-2H3. The lowest BCUT2D eigenvalue weighted by Crippen LogP contribution is -1.86. The SMILES string of the molecule is CC#Cc1cccnc1C#CC. The Morgan fingerprint density at radius 3 is 2.58 bits per heavy atom. The van der Waals surface area contributed by atoms with Crippen molar-refractivity contribution in [1.82, 2.24) is 4.98 Å². The Bertz CT molecular complexity index is 344. The molecule has 12 heavy (non-hydrogen) atoms. The van der Waals surface area contributed by atoms with Gasteiger partial charge in [-0.25, -0.2) is 4.98 Å². The average molecular weight is 155 g/mol. The molecule has 1 rings (SSSR count). The summed E-state index contributed by atoms with van der Waals surface area (Å²) < 4.78 is 0. The highest BCUT2D eigenvalue weighted by Crippen LogP contribution is 2.00. The Balaban J connectivity index is 3.20. The van der Waals surface area contributed by atoms with Crippen LogP contribution in [0.2, 0.25) is 0 Å². The fourth-order valence-electron chi connectivity index (χ4n) is 0.859. The van der Waals surface area contributed by atoms with Gasteiger partial charge in [-0.1, -0.05) is 11.8 Å². The highest BCUT2D eigenvalue weighted by atomic mass is 14.7. The molecule has 0 radical (unpaired) electrons. The molecule has 1 aromatic rings. The Morgan fingerprint density at radius 1 is 1.17 bits per heavy atom. The van der Waals surface area contributed by atoms with Crippen LogP contribution >= 0.6 is 0 Å². The van der Waals surface area contributed by atoms with Crippen molar-refractivity contribution in [3.05, 3.63) is 29.6 Å². The van der Waals surface area contributed by atoms with Gasteiger partial charge in [0, 0.05) is 6.20 Å². The maximum atomic E-state index is 4.11. The molecule has 0 unspecified atom stereocenters. The molecule has 1 heterocycles. The average Bonchev–Trinajstić information content (AvgIpc) is 2.09. The summed E-state index contributed by atoms with van der Waals surface area (Å²) in [4.78, 5) is 4.11. The van der Waals surface area contributed by atoms with Crippen molar-refractivity contribution in [2.45, 2.75) is 13.8 Å². The van der Waals surface area contributed by atoms with Crippen molar-refractivity contribution in [3.8, 4) is 23.7 Å². The molecular formula is C11H9N. The van der Waals surface area contributed by atoms with E-state index in [0.717, 1.165) is 11.3 Å². The first-order chi connectivity index (χ1) is 5.88. The van der Waals surface area contributed by atoms with Gasteiger partial charge in [-0.3, -0.25) is 0 Å². The molecule has 0 aliphatic heterocycles. The van der Waals surface area contributed by atoms with Crippen molar-refractivity contribution in [3.63, 3.8) is 0 Å². The van der Waals surface area contributed by atoms with Crippen LogP contribution in [0.1, 0.15) is 25.1 Å². The minimum Gasteiger partial charge on any atom is -0.246 e. The second kappa shape index (κ2) is 4.21. The number of pyridine rings is 1. The number of nitrogens with zero attached hydrogens (tertiary/aromatic N) is 1. The molecule has 0 aliphatic carbocycles. The van der Waals surface area contributed by atoms with Gasteiger partial charge in [0.05, 0.1) is 5.56 Å². The van der Waals surface area contributed by atoms with E-state index in [1.165, 1.54) is 0 Å². The Labute approximate surface area is 72.8 Å². The lowest BCUT2D eigenvalue weighted by atomic mass is 10.2. The topological polar surface area (TPSA) is 12.9 Å². The van der Waals surface area contributed by atoms with E-state index in [1.54, 1.807) is 20.0 Å². The number of hydrogen-bond donors (Lipinski definition) is 0. The van der Waals surface area contributed by atoms with E-state index in [9.17, 15) is 0 Å². The highest BCUT2D eigenvalue weighted by Gasteiger charge is 1.94. The second-order valence-corrected chi connectivity index (χ2v) is 2.15. The number of hydrogen-bond acceptors (Lipinski definition) is 1. The largest absolute Gasteiger partial charge is 0.246 e. The summed E-state index contributed by atoms with van der Waals surface area (Å²) in [6, 6.07) is 3.78. The Kier molecular flexibility index (Phi) is 2.94. The van der Waals surface area contributed by atoms with E-state index in [1.807, 2.05) is 12.1 Å². The van der Waals surface area contributed by atoms with Crippen LogP contribution in [0.15, 0.2) is 18.3 Å². The molecule has 0 atom stereocenters. The van der Waals surface area contributed by atoms with Gasteiger partial charge in [0.25, 0.3) is 0 Å². The van der Waals surface area contributed by atoms with Crippen molar-refractivity contribution in [2.75, 3.05) is 0 Å². The van der Waals surface area contributed by atoms with E-state index in [-0.39, 0.29) is 0 Å². The first kappa shape index (κ1) is 8.37. The van der Waals surface area contributed by atoms with Crippen LogP contribution in [0.3, 0.4) is 0 Å². The van der Waals surface area contributed by atoms with Crippen LogP contribution in [0.4, 0.5) is 0 Å². The molecule has 0 bridgehead atoms. The van der Waals surface area contributed by atoms with Crippen LogP contribution < -0.4 is 0 Å². The normalized spacial score (nSPS) is 7.50. The molecule has 1 nitrogen and oxygen atoms in total. The van der Waals surface area contributed by atoms with Crippen LogP contribution in [-0.2, 0) is 0 Å². The smallest absolute Gasteiger partial charge is 0.128 e. The molecular weight excluding hydrogens is 146 g/mol. The van der Waals surface area contributed by atoms with E-state index in [2.05, 4.69) is 28.7 Å². The van der Waals surface area contributed by atoms with Crippen molar-refractivity contribution in [2.24, 2.45) is 0 Å². The first-order valence-electron chi connectivity index (χ1n) is 3.69. The lowest BCUT2D eigenvalue weighted by Gasteiger charge is -1.92. The third-order valence-electron chi connectivity index (χ3n) is 1.31. The zero-order valence-corrected chi connectivity index (χ0v) is 7.18. The maximum absolute atomic E-state index is 4.11. The summed E-state index contributed by atoms with van der Waals surface area (Å²) in [5.41, 5.74) is 1.66. The van der Waals surface area contributed by atoms with Crippen LogP contribution in [0.5, 0.6) is 0 Å². The molecule has 0 fully saturated rings. The minimum absolute atomic E-state index is 0.759. The number of aromatic nitrogens is 1. The third-order valence-corrected chi connectivity index (χ3v) is 1.31. The molecule has 0 aliphatic rings. The molecule has 0 N–H and O–H groups in total. The van der Waals surface area contributed by atoms with Gasteiger partial charge in [-0.15, -0.1) is 5.92 Å². The molecule has 0 saturated carbocycles. The van der Waals surface area contributed by atoms with Crippen molar-refractivity contribution in [1.29, 1.82) is 0 Å². The number of rotatable bonds is 0. The predicted molar refractivity (Wildman–Crippen MR) is 49.3 cm³/mol. The lowest BCUT2D eigenvalue weighted by molar-refractivity contribution is 1.27. The van der Waals surface area contributed by atoms with Gasteiger partial charge < -0.3 is 0 Å². The second-order valence-electron chi connectivity index (χ2n) is 2.15. The third kappa shape index (κ3) is 1.87. The molecule has 0 spiro atoms. The molecule has 1 heteroatoms. The fraction of sp³-hybridized carbons (Fsp3) is 0.182. The molecule has 58 valence electrons. The summed E-state index contributed by atoms with van der Waals surface area (Å²) in [5, 5.41) is 0. The summed E-state index contributed by atoms with van der Waals surface area (Å²) in [5.74, 6) is 11.5. The summed E-state index contributed by atoms with van der Waals surface area (Å²) >= 11 is 0. The maximum Gasteiger partial charge on any atom is 0.128 e. The van der Waals surface area contributed by atoms with Crippen molar-refractivity contribution < 1.29 is 0 Å². The zero-order chi connectivity index (χ0) is 8.81. The van der Waals surface area contributed by atoms with Gasteiger partial charge in [0.2, 0.25) is 0 Å². The molecule has 0 aromatic carbocycles. The van der Waals surface area contributed by atoms with Gasteiger partial charge in [-0.05, 0) is 31.9 Å². The monoisotopic (exact) mass is 155 g/mol.